The molecule has 0 aliphatic rings. The highest BCUT2D eigenvalue weighted by Gasteiger charge is 2.13. The highest BCUT2D eigenvalue weighted by molar-refractivity contribution is 5.85. The highest BCUT2D eigenvalue weighted by atomic mass is 16.3. The van der Waals surface area contributed by atoms with Gasteiger partial charge in [-0.05, 0) is 53.1 Å². The van der Waals surface area contributed by atoms with E-state index in [1.54, 1.807) is 0 Å². The van der Waals surface area contributed by atoms with Crippen molar-refractivity contribution in [3.05, 3.63) is 83.9 Å². The largest absolute Gasteiger partial charge is 0.389 e. The van der Waals surface area contributed by atoms with E-state index >= 15 is 0 Å². The molecule has 3 aromatic rings. The van der Waals surface area contributed by atoms with Crippen LogP contribution in [0.1, 0.15) is 69.6 Å². The maximum Gasteiger partial charge on any atom is 0.0767 e. The summed E-state index contributed by atoms with van der Waals surface area (Å²) in [6.45, 7) is 4.10. The smallest absolute Gasteiger partial charge is 0.0767 e. The lowest BCUT2D eigenvalue weighted by Gasteiger charge is -2.16. The fourth-order valence-electron chi connectivity index (χ4n) is 4.08. The monoisotopic (exact) mass is 386 g/mol. The Labute approximate surface area is 176 Å². The minimum Gasteiger partial charge on any atom is -0.389 e. The molecule has 0 amide bonds. The fraction of sp³-hybridized carbons (Fsp3) is 0.357. The lowest BCUT2D eigenvalue weighted by molar-refractivity contribution is 0.200. The summed E-state index contributed by atoms with van der Waals surface area (Å²) in [6.07, 6.45) is 8.63. The molecule has 0 bridgehead atoms. The van der Waals surface area contributed by atoms with Gasteiger partial charge in [0.1, 0.15) is 0 Å². The summed E-state index contributed by atoms with van der Waals surface area (Å²) in [6, 6.07) is 25.7. The molecular formula is C28H34O. The van der Waals surface area contributed by atoms with Crippen LogP contribution in [0.3, 0.4) is 0 Å². The third kappa shape index (κ3) is 5.81. The van der Waals surface area contributed by atoms with Crippen molar-refractivity contribution in [1.29, 1.82) is 0 Å². The summed E-state index contributed by atoms with van der Waals surface area (Å²) in [5, 5.41) is 10.2. The predicted octanol–water partition coefficient (Wildman–Crippen LogP) is 7.98. The summed E-state index contributed by atoms with van der Waals surface area (Å²) in [4.78, 5) is 0. The molecule has 1 nitrogen and oxygen atoms in total. The predicted molar refractivity (Wildman–Crippen MR) is 125 cm³/mol. The second-order valence-corrected chi connectivity index (χ2v) is 8.03. The van der Waals surface area contributed by atoms with Crippen molar-refractivity contribution in [1.82, 2.24) is 0 Å². The molecule has 0 aliphatic carbocycles. The van der Waals surface area contributed by atoms with Crippen molar-refractivity contribution >= 4 is 0 Å². The van der Waals surface area contributed by atoms with Crippen molar-refractivity contribution in [3.8, 4) is 22.3 Å². The molecule has 0 fully saturated rings. The van der Waals surface area contributed by atoms with Crippen LogP contribution in [0.4, 0.5) is 0 Å². The molecule has 1 unspecified atom stereocenters. The van der Waals surface area contributed by atoms with Gasteiger partial charge in [-0.1, -0.05) is 112 Å². The number of hydrogen-bond donors (Lipinski definition) is 1. The number of rotatable bonds is 10. The van der Waals surface area contributed by atoms with Crippen LogP contribution in [0.2, 0.25) is 0 Å². The summed E-state index contributed by atoms with van der Waals surface area (Å²) in [5.41, 5.74) is 7.16. The summed E-state index contributed by atoms with van der Waals surface area (Å²) >= 11 is 0. The first-order chi connectivity index (χ1) is 14.2. The standard InChI is InChI=1S/C28H34O/c1-3-4-5-6-7-8-14-23-15-13-16-24(21-23)26-18-10-12-20-28(26)27-19-11-9-17-25(27)22(2)29/h9-13,15-22,29H,3-8,14H2,1-2H3. The molecule has 0 heterocycles. The van der Waals surface area contributed by atoms with Crippen LogP contribution in [0, 0.1) is 0 Å². The zero-order valence-corrected chi connectivity index (χ0v) is 17.9. The van der Waals surface area contributed by atoms with Crippen molar-refractivity contribution in [2.45, 2.75) is 64.9 Å². The molecule has 0 spiro atoms. The maximum absolute atomic E-state index is 10.2. The van der Waals surface area contributed by atoms with Crippen LogP contribution in [0.5, 0.6) is 0 Å². The number of benzene rings is 3. The van der Waals surface area contributed by atoms with Crippen LogP contribution < -0.4 is 0 Å². The average molecular weight is 387 g/mol. The van der Waals surface area contributed by atoms with E-state index in [0.29, 0.717) is 0 Å². The first-order valence-electron chi connectivity index (χ1n) is 11.2. The van der Waals surface area contributed by atoms with Crippen molar-refractivity contribution in [2.75, 3.05) is 0 Å². The second kappa shape index (κ2) is 11.0. The van der Waals surface area contributed by atoms with Gasteiger partial charge in [-0.25, -0.2) is 0 Å². The Hall–Kier alpha value is -2.38. The minimum absolute atomic E-state index is 0.488. The van der Waals surface area contributed by atoms with Gasteiger partial charge in [0.15, 0.2) is 0 Å². The van der Waals surface area contributed by atoms with Crippen LogP contribution in [-0.4, -0.2) is 5.11 Å². The molecule has 3 aromatic carbocycles. The zero-order chi connectivity index (χ0) is 20.5. The summed E-state index contributed by atoms with van der Waals surface area (Å²) in [5.74, 6) is 0. The minimum atomic E-state index is -0.488. The van der Waals surface area contributed by atoms with Gasteiger partial charge in [-0.15, -0.1) is 0 Å². The Bertz CT molecular complexity index is 894. The van der Waals surface area contributed by atoms with Crippen molar-refractivity contribution in [3.63, 3.8) is 0 Å². The van der Waals surface area contributed by atoms with Gasteiger partial charge in [0.05, 0.1) is 6.10 Å². The topological polar surface area (TPSA) is 20.2 Å². The van der Waals surface area contributed by atoms with Gasteiger partial charge in [-0.3, -0.25) is 0 Å². The van der Waals surface area contributed by atoms with Gasteiger partial charge in [0.25, 0.3) is 0 Å². The Morgan fingerprint density at radius 1 is 0.690 bits per heavy atom. The van der Waals surface area contributed by atoms with E-state index < -0.39 is 6.10 Å². The Balaban J connectivity index is 1.82. The lowest BCUT2D eigenvalue weighted by Crippen LogP contribution is -1.96. The quantitative estimate of drug-likeness (QED) is 0.350. The molecule has 0 radical (unpaired) electrons. The molecule has 3 rings (SSSR count). The SMILES string of the molecule is CCCCCCCCc1cccc(-c2ccccc2-c2ccccc2C(C)O)c1. The Morgan fingerprint density at radius 2 is 1.34 bits per heavy atom. The first kappa shape index (κ1) is 21.3. The third-order valence-corrected chi connectivity index (χ3v) is 5.69. The van der Waals surface area contributed by atoms with E-state index in [2.05, 4.69) is 61.5 Å². The van der Waals surface area contributed by atoms with Gasteiger partial charge in [0, 0.05) is 0 Å². The molecule has 0 aliphatic heterocycles. The molecule has 29 heavy (non-hydrogen) atoms. The number of hydrogen-bond acceptors (Lipinski definition) is 1. The van der Waals surface area contributed by atoms with Crippen LogP contribution in [0.15, 0.2) is 72.8 Å². The van der Waals surface area contributed by atoms with E-state index in [1.165, 1.54) is 60.8 Å². The van der Waals surface area contributed by atoms with E-state index in [1.807, 2.05) is 25.1 Å². The second-order valence-electron chi connectivity index (χ2n) is 8.03. The van der Waals surface area contributed by atoms with Crippen molar-refractivity contribution in [2.24, 2.45) is 0 Å². The molecule has 152 valence electrons. The summed E-state index contributed by atoms with van der Waals surface area (Å²) < 4.78 is 0. The number of aliphatic hydroxyl groups excluding tert-OH is 1. The van der Waals surface area contributed by atoms with Crippen molar-refractivity contribution < 1.29 is 5.11 Å². The number of unbranched alkanes of at least 4 members (excludes halogenated alkanes) is 5. The number of aryl methyl sites for hydroxylation is 1. The lowest BCUT2D eigenvalue weighted by atomic mass is 9.89. The molecule has 1 N–H and O–H groups in total. The van der Waals surface area contributed by atoms with E-state index in [0.717, 1.165) is 17.5 Å². The molecule has 0 saturated carbocycles. The Morgan fingerprint density at radius 3 is 2.10 bits per heavy atom. The van der Waals surface area contributed by atoms with Crippen LogP contribution in [0.25, 0.3) is 22.3 Å². The van der Waals surface area contributed by atoms with E-state index in [-0.39, 0.29) is 0 Å². The van der Waals surface area contributed by atoms with E-state index in [4.69, 9.17) is 0 Å². The molecule has 1 heteroatoms. The van der Waals surface area contributed by atoms with Crippen LogP contribution >= 0.6 is 0 Å². The van der Waals surface area contributed by atoms with Gasteiger partial charge in [0.2, 0.25) is 0 Å². The fourth-order valence-corrected chi connectivity index (χ4v) is 4.08. The van der Waals surface area contributed by atoms with Crippen LogP contribution in [-0.2, 0) is 6.42 Å². The van der Waals surface area contributed by atoms with E-state index in [9.17, 15) is 5.11 Å². The average Bonchev–Trinajstić information content (AvgIpc) is 2.76. The third-order valence-electron chi connectivity index (χ3n) is 5.69. The molecule has 0 saturated heterocycles. The Kier molecular flexibility index (Phi) is 8.07. The highest BCUT2D eigenvalue weighted by Crippen LogP contribution is 2.36. The first-order valence-corrected chi connectivity index (χ1v) is 11.2. The van der Waals surface area contributed by atoms with Gasteiger partial charge < -0.3 is 5.11 Å². The normalized spacial score (nSPS) is 12.1. The molecule has 0 aromatic heterocycles. The summed E-state index contributed by atoms with van der Waals surface area (Å²) in [7, 11) is 0. The molecular weight excluding hydrogens is 352 g/mol. The van der Waals surface area contributed by atoms with Gasteiger partial charge >= 0.3 is 0 Å². The zero-order valence-electron chi connectivity index (χ0n) is 17.9. The van der Waals surface area contributed by atoms with Gasteiger partial charge in [-0.2, -0.15) is 0 Å². The molecule has 1 atom stereocenters. The number of aliphatic hydroxyl groups is 1. The maximum atomic E-state index is 10.2.